The zero-order chi connectivity index (χ0) is 18.9. The van der Waals surface area contributed by atoms with Gasteiger partial charge in [-0.25, -0.2) is 8.42 Å². The number of anilines is 2. The topological polar surface area (TPSA) is 75.7 Å². The van der Waals surface area contributed by atoms with E-state index in [-0.39, 0.29) is 15.8 Å². The summed E-state index contributed by atoms with van der Waals surface area (Å²) in [6.45, 7) is 2.54. The lowest BCUT2D eigenvalue weighted by Gasteiger charge is -2.19. The van der Waals surface area contributed by atoms with Crippen LogP contribution in [0.3, 0.4) is 0 Å². The molecule has 1 saturated heterocycles. The van der Waals surface area contributed by atoms with Gasteiger partial charge in [0.05, 0.1) is 17.0 Å². The predicted octanol–water partition coefficient (Wildman–Crippen LogP) is 3.58. The van der Waals surface area contributed by atoms with Crippen molar-refractivity contribution >= 4 is 38.9 Å². The lowest BCUT2D eigenvalue weighted by Crippen LogP contribution is -2.24. The molecule has 0 spiro atoms. The second-order valence-corrected chi connectivity index (χ2v) is 8.14. The minimum Gasteiger partial charge on any atom is -0.495 e. The molecule has 26 heavy (non-hydrogen) atoms. The largest absolute Gasteiger partial charge is 0.495 e. The smallest absolute Gasteiger partial charge is 0.261 e. The molecule has 3 rings (SSSR count). The van der Waals surface area contributed by atoms with Gasteiger partial charge in [0.15, 0.2) is 0 Å². The van der Waals surface area contributed by atoms with E-state index in [0.717, 1.165) is 17.7 Å². The monoisotopic (exact) mass is 394 g/mol. The average molecular weight is 395 g/mol. The molecule has 138 valence electrons. The third kappa shape index (κ3) is 3.64. The van der Waals surface area contributed by atoms with Crippen LogP contribution in [0.4, 0.5) is 11.4 Å². The van der Waals surface area contributed by atoms with E-state index in [1.54, 1.807) is 23.1 Å². The molecule has 0 saturated carbocycles. The quantitative estimate of drug-likeness (QED) is 0.840. The number of hydrogen-bond acceptors (Lipinski definition) is 4. The molecule has 1 fully saturated rings. The molecular weight excluding hydrogens is 376 g/mol. The Morgan fingerprint density at radius 3 is 2.54 bits per heavy atom. The zero-order valence-corrected chi connectivity index (χ0v) is 16.0. The first kappa shape index (κ1) is 18.5. The van der Waals surface area contributed by atoms with Crippen LogP contribution in [0.5, 0.6) is 5.75 Å². The molecule has 1 aliphatic rings. The fourth-order valence-electron chi connectivity index (χ4n) is 2.95. The number of aryl methyl sites for hydroxylation is 1. The molecule has 0 atom stereocenters. The molecule has 0 radical (unpaired) electrons. The van der Waals surface area contributed by atoms with Gasteiger partial charge in [-0.05, 0) is 55.3 Å². The summed E-state index contributed by atoms with van der Waals surface area (Å²) in [5, 5.41) is 0.217. The third-order valence-electron chi connectivity index (χ3n) is 4.25. The van der Waals surface area contributed by atoms with Crippen LogP contribution in [-0.4, -0.2) is 28.0 Å². The van der Waals surface area contributed by atoms with Crippen LogP contribution in [0.1, 0.15) is 18.4 Å². The van der Waals surface area contributed by atoms with Crippen molar-refractivity contribution in [1.82, 2.24) is 0 Å². The standard InChI is InChI=1S/C18H19ClN2O4S/c1-12-10-13(5-7-16(12)21-9-3-4-18(21)22)20-26(23,24)14-6-8-17(25-2)15(19)11-14/h5-8,10-11,20H,3-4,9H2,1-2H3. The van der Waals surface area contributed by atoms with E-state index in [9.17, 15) is 13.2 Å². The van der Waals surface area contributed by atoms with Gasteiger partial charge in [-0.1, -0.05) is 11.6 Å². The highest BCUT2D eigenvalue weighted by Gasteiger charge is 2.23. The highest BCUT2D eigenvalue weighted by Crippen LogP contribution is 2.30. The average Bonchev–Trinajstić information content (AvgIpc) is 3.00. The predicted molar refractivity (Wildman–Crippen MR) is 102 cm³/mol. The van der Waals surface area contributed by atoms with Crippen molar-refractivity contribution in [3.63, 3.8) is 0 Å². The van der Waals surface area contributed by atoms with Crippen LogP contribution in [-0.2, 0) is 14.8 Å². The van der Waals surface area contributed by atoms with Crippen LogP contribution >= 0.6 is 11.6 Å². The number of rotatable bonds is 5. The molecule has 1 heterocycles. The number of hydrogen-bond donors (Lipinski definition) is 1. The molecule has 0 bridgehead atoms. The van der Waals surface area contributed by atoms with Crippen LogP contribution in [0.15, 0.2) is 41.3 Å². The lowest BCUT2D eigenvalue weighted by molar-refractivity contribution is -0.117. The normalized spacial score (nSPS) is 14.6. The first-order valence-electron chi connectivity index (χ1n) is 8.09. The Morgan fingerprint density at radius 2 is 1.96 bits per heavy atom. The molecular formula is C18H19ClN2O4S. The van der Waals surface area contributed by atoms with Crippen molar-refractivity contribution in [2.45, 2.75) is 24.7 Å². The van der Waals surface area contributed by atoms with Gasteiger partial charge in [0, 0.05) is 24.3 Å². The van der Waals surface area contributed by atoms with Gasteiger partial charge < -0.3 is 9.64 Å². The van der Waals surface area contributed by atoms with Crippen LogP contribution in [0, 0.1) is 6.92 Å². The molecule has 1 N–H and O–H groups in total. The van der Waals surface area contributed by atoms with Crippen molar-refractivity contribution in [1.29, 1.82) is 0 Å². The SMILES string of the molecule is COc1ccc(S(=O)(=O)Nc2ccc(N3CCCC3=O)c(C)c2)cc1Cl. The van der Waals surface area contributed by atoms with Crippen molar-refractivity contribution in [3.8, 4) is 5.75 Å². The summed E-state index contributed by atoms with van der Waals surface area (Å²) < 4.78 is 32.7. The van der Waals surface area contributed by atoms with Gasteiger partial charge in [0.2, 0.25) is 5.91 Å². The zero-order valence-electron chi connectivity index (χ0n) is 14.5. The molecule has 6 nitrogen and oxygen atoms in total. The van der Waals surface area contributed by atoms with E-state index < -0.39 is 10.0 Å². The fraction of sp³-hybridized carbons (Fsp3) is 0.278. The van der Waals surface area contributed by atoms with E-state index in [1.807, 2.05) is 6.92 Å². The Bertz CT molecular complexity index is 960. The summed E-state index contributed by atoms with van der Waals surface area (Å²) in [6.07, 6.45) is 1.39. The van der Waals surface area contributed by atoms with Gasteiger partial charge in [-0.2, -0.15) is 0 Å². The maximum absolute atomic E-state index is 12.6. The number of benzene rings is 2. The number of nitrogens with zero attached hydrogens (tertiary/aromatic N) is 1. The molecule has 2 aromatic rings. The van der Waals surface area contributed by atoms with Gasteiger partial charge in [0.1, 0.15) is 5.75 Å². The molecule has 1 amide bonds. The third-order valence-corrected chi connectivity index (χ3v) is 5.92. The van der Waals surface area contributed by atoms with E-state index in [4.69, 9.17) is 16.3 Å². The van der Waals surface area contributed by atoms with Gasteiger partial charge in [-0.3, -0.25) is 9.52 Å². The maximum Gasteiger partial charge on any atom is 0.261 e. The highest BCUT2D eigenvalue weighted by atomic mass is 35.5. The van der Waals surface area contributed by atoms with E-state index in [0.29, 0.717) is 24.4 Å². The van der Waals surface area contributed by atoms with E-state index in [2.05, 4.69) is 4.72 Å². The Labute approximate surface area is 157 Å². The number of carbonyl (C=O) groups is 1. The summed E-state index contributed by atoms with van der Waals surface area (Å²) in [5.41, 5.74) is 2.06. The lowest BCUT2D eigenvalue weighted by atomic mass is 10.1. The highest BCUT2D eigenvalue weighted by molar-refractivity contribution is 7.92. The van der Waals surface area contributed by atoms with E-state index >= 15 is 0 Å². The number of ether oxygens (including phenoxy) is 1. The van der Waals surface area contributed by atoms with Crippen LogP contribution in [0.2, 0.25) is 5.02 Å². The van der Waals surface area contributed by atoms with Gasteiger partial charge in [0.25, 0.3) is 10.0 Å². The first-order valence-corrected chi connectivity index (χ1v) is 9.95. The Morgan fingerprint density at radius 1 is 1.19 bits per heavy atom. The number of nitrogens with one attached hydrogen (secondary N) is 1. The molecule has 0 aromatic heterocycles. The minimum absolute atomic E-state index is 0.0414. The van der Waals surface area contributed by atoms with Crippen molar-refractivity contribution in [2.75, 3.05) is 23.3 Å². The van der Waals surface area contributed by atoms with Crippen molar-refractivity contribution in [2.24, 2.45) is 0 Å². The summed E-state index contributed by atoms with van der Waals surface area (Å²) >= 11 is 6.02. The van der Waals surface area contributed by atoms with Gasteiger partial charge in [-0.15, -0.1) is 0 Å². The van der Waals surface area contributed by atoms with Gasteiger partial charge >= 0.3 is 0 Å². The Balaban J connectivity index is 1.85. The molecule has 0 aliphatic carbocycles. The fourth-order valence-corrected chi connectivity index (χ4v) is 4.35. The Kier molecular flexibility index (Phi) is 5.11. The first-order chi connectivity index (χ1) is 12.3. The minimum atomic E-state index is -3.79. The maximum atomic E-state index is 12.6. The van der Waals surface area contributed by atoms with Crippen LogP contribution in [0.25, 0.3) is 0 Å². The number of methoxy groups -OCH3 is 1. The molecule has 1 aliphatic heterocycles. The van der Waals surface area contributed by atoms with Crippen molar-refractivity contribution in [3.05, 3.63) is 47.0 Å². The van der Waals surface area contributed by atoms with Crippen LogP contribution < -0.4 is 14.4 Å². The van der Waals surface area contributed by atoms with E-state index in [1.165, 1.54) is 25.3 Å². The van der Waals surface area contributed by atoms with Crippen molar-refractivity contribution < 1.29 is 17.9 Å². The number of sulfonamides is 1. The number of amides is 1. The second kappa shape index (κ2) is 7.17. The number of halogens is 1. The summed E-state index contributed by atoms with van der Waals surface area (Å²) in [5.74, 6) is 0.496. The second-order valence-electron chi connectivity index (χ2n) is 6.05. The Hall–Kier alpha value is -2.25. The number of carbonyl (C=O) groups excluding carboxylic acids is 1. The molecule has 8 heteroatoms. The summed E-state index contributed by atoms with van der Waals surface area (Å²) in [4.78, 5) is 13.7. The molecule has 2 aromatic carbocycles. The molecule has 0 unspecified atom stereocenters. The summed E-state index contributed by atoms with van der Waals surface area (Å²) in [7, 11) is -2.33. The summed E-state index contributed by atoms with van der Waals surface area (Å²) in [6, 6.07) is 9.39.